The van der Waals surface area contributed by atoms with Crippen molar-refractivity contribution in [3.8, 4) is 17.6 Å². The second-order valence-corrected chi connectivity index (χ2v) is 7.85. The molecule has 0 unspecified atom stereocenters. The van der Waals surface area contributed by atoms with Crippen molar-refractivity contribution >= 4 is 23.4 Å². The van der Waals surface area contributed by atoms with E-state index in [-0.39, 0.29) is 18.7 Å². The Labute approximate surface area is 234 Å². The van der Waals surface area contributed by atoms with E-state index in [0.717, 1.165) is 4.68 Å². The van der Waals surface area contributed by atoms with Gasteiger partial charge in [-0.1, -0.05) is 11.8 Å². The highest BCUT2D eigenvalue weighted by Crippen LogP contribution is 2.25. The van der Waals surface area contributed by atoms with Crippen molar-refractivity contribution in [1.82, 2.24) is 19.2 Å². The van der Waals surface area contributed by atoms with Crippen LogP contribution in [-0.2, 0) is 16.1 Å². The van der Waals surface area contributed by atoms with Crippen LogP contribution >= 0.6 is 0 Å². The summed E-state index contributed by atoms with van der Waals surface area (Å²) in [6.45, 7) is 0.549. The van der Waals surface area contributed by atoms with Gasteiger partial charge >= 0.3 is 30.0 Å². The average molecular weight is 626 g/mol. The summed E-state index contributed by atoms with van der Waals surface area (Å²) in [6.07, 6.45) is -8.93. The monoisotopic (exact) mass is 626 g/mol. The molecule has 3 aromatic rings. The first-order valence-corrected chi connectivity index (χ1v) is 11.2. The first kappa shape index (κ1) is 34.0. The molecule has 43 heavy (non-hydrogen) atoms. The molecule has 1 aliphatic rings. The van der Waals surface area contributed by atoms with Crippen LogP contribution in [0.2, 0.25) is 0 Å². The van der Waals surface area contributed by atoms with Crippen LogP contribution in [0.5, 0.6) is 5.75 Å². The van der Waals surface area contributed by atoms with Crippen molar-refractivity contribution in [2.75, 3.05) is 25.0 Å². The summed E-state index contributed by atoms with van der Waals surface area (Å²) in [5.41, 5.74) is 6.01. The minimum atomic E-state index is -5.08. The first-order chi connectivity index (χ1) is 19.9. The zero-order valence-electron chi connectivity index (χ0n) is 21.1. The molecule has 4 rings (SSSR count). The van der Waals surface area contributed by atoms with Gasteiger partial charge in [0.05, 0.1) is 13.1 Å². The fourth-order valence-corrected chi connectivity index (χ4v) is 2.81. The average Bonchev–Trinajstić information content (AvgIpc) is 3.24. The first-order valence-electron chi connectivity index (χ1n) is 11.2. The van der Waals surface area contributed by atoms with E-state index in [0.29, 0.717) is 41.5 Å². The number of carbonyl (C=O) groups is 2. The minimum absolute atomic E-state index is 0.300. The lowest BCUT2D eigenvalue weighted by atomic mass is 10.2. The third kappa shape index (κ3) is 9.99. The SMILES string of the molecule is NCC(Cn1nc2cc(C#Cc3cnc4c(c3)OCCN4)ccn2c1=O)=C(F)F.O=C(O)C(F)(F)F.O=C(O)C(F)(F)F. The lowest BCUT2D eigenvalue weighted by Gasteiger charge is -2.17. The number of hydrogen-bond donors (Lipinski definition) is 4. The number of ether oxygens (including phenoxy) is 1. The smallest absolute Gasteiger partial charge is 0.488 e. The molecule has 0 spiro atoms. The molecule has 3 aromatic heterocycles. The Kier molecular flexibility index (Phi) is 11.2. The predicted molar refractivity (Wildman–Crippen MR) is 129 cm³/mol. The molecule has 0 amide bonds. The number of halogens is 8. The van der Waals surface area contributed by atoms with Crippen molar-refractivity contribution in [2.45, 2.75) is 18.9 Å². The predicted octanol–water partition coefficient (Wildman–Crippen LogP) is 2.47. The summed E-state index contributed by atoms with van der Waals surface area (Å²) in [7, 11) is 0. The molecule has 12 nitrogen and oxygen atoms in total. The number of nitrogens with zero attached hydrogens (tertiary/aromatic N) is 4. The molecule has 0 aliphatic carbocycles. The van der Waals surface area contributed by atoms with E-state index < -0.39 is 36.1 Å². The van der Waals surface area contributed by atoms with Crippen molar-refractivity contribution in [1.29, 1.82) is 0 Å². The standard InChI is InChI=1S/C19H16F2N6O2.2C2HF3O2/c20-17(21)14(9-22)11-27-19(28)26-5-3-12(8-16(26)25-27)1-2-13-7-15-18(24-10-13)23-4-6-29-15;2*3-2(4,5)1(6)7/h3,5,7-8,10H,4,6,9,11,22H2,(H,23,24);2*(H,6,7). The van der Waals surface area contributed by atoms with Crippen LogP contribution in [0, 0.1) is 11.8 Å². The van der Waals surface area contributed by atoms with Crippen molar-refractivity contribution < 1.29 is 59.7 Å². The summed E-state index contributed by atoms with van der Waals surface area (Å²) < 4.78 is 96.9. The number of aliphatic carboxylic acids is 2. The quantitative estimate of drug-likeness (QED) is 0.250. The molecule has 0 fully saturated rings. The molecule has 0 bridgehead atoms. The van der Waals surface area contributed by atoms with Gasteiger partial charge in [-0.25, -0.2) is 24.0 Å². The maximum absolute atomic E-state index is 12.8. The van der Waals surface area contributed by atoms with E-state index in [1.807, 2.05) is 0 Å². The van der Waals surface area contributed by atoms with Crippen molar-refractivity contribution in [2.24, 2.45) is 5.73 Å². The molecule has 0 radical (unpaired) electrons. The van der Waals surface area contributed by atoms with E-state index in [9.17, 15) is 39.9 Å². The van der Waals surface area contributed by atoms with E-state index >= 15 is 0 Å². The fraction of sp³-hybridized carbons (Fsp3) is 0.261. The van der Waals surface area contributed by atoms with Gasteiger partial charge in [0.25, 0.3) is 6.08 Å². The Morgan fingerprint density at radius 2 is 1.63 bits per heavy atom. The maximum atomic E-state index is 12.8. The zero-order valence-corrected chi connectivity index (χ0v) is 21.1. The topological polar surface area (TPSA) is 174 Å². The summed E-state index contributed by atoms with van der Waals surface area (Å²) in [5, 5.41) is 21.5. The van der Waals surface area contributed by atoms with Crippen LogP contribution in [0.15, 0.2) is 47.0 Å². The normalized spacial score (nSPS) is 12.0. The van der Waals surface area contributed by atoms with Gasteiger partial charge in [0.1, 0.15) is 6.61 Å². The van der Waals surface area contributed by atoms with Crippen LogP contribution in [0.1, 0.15) is 11.1 Å². The molecule has 20 heteroatoms. The highest BCUT2D eigenvalue weighted by atomic mass is 19.4. The highest BCUT2D eigenvalue weighted by Gasteiger charge is 2.38. The molecule has 0 atom stereocenters. The number of fused-ring (bicyclic) bond motifs is 2. The number of hydrogen-bond acceptors (Lipinski definition) is 8. The summed E-state index contributed by atoms with van der Waals surface area (Å²) in [6, 6.07) is 5.05. The number of aromatic nitrogens is 4. The zero-order chi connectivity index (χ0) is 32.5. The van der Waals surface area contributed by atoms with Crippen LogP contribution in [0.4, 0.5) is 40.9 Å². The highest BCUT2D eigenvalue weighted by molar-refractivity contribution is 5.73. The van der Waals surface area contributed by atoms with E-state index in [2.05, 4.69) is 27.2 Å². The number of alkyl halides is 6. The third-order valence-electron chi connectivity index (χ3n) is 4.78. The minimum Gasteiger partial charge on any atom is -0.488 e. The molecule has 4 heterocycles. The summed E-state index contributed by atoms with van der Waals surface area (Å²) >= 11 is 0. The summed E-state index contributed by atoms with van der Waals surface area (Å²) in [4.78, 5) is 34.4. The molecule has 0 aromatic carbocycles. The van der Waals surface area contributed by atoms with Gasteiger partial charge < -0.3 is 26.0 Å². The molecular weight excluding hydrogens is 608 g/mol. The number of carboxylic acids is 2. The Balaban J connectivity index is 0.000000384. The van der Waals surface area contributed by atoms with Gasteiger partial charge in [0, 0.05) is 41.7 Å². The molecule has 1 aliphatic heterocycles. The van der Waals surface area contributed by atoms with Gasteiger partial charge in [0.2, 0.25) is 0 Å². The number of nitrogens with two attached hydrogens (primary N) is 1. The fourth-order valence-electron chi connectivity index (χ4n) is 2.81. The Morgan fingerprint density at radius 1 is 1.05 bits per heavy atom. The molecule has 232 valence electrons. The Bertz CT molecular complexity index is 1610. The molecular formula is C23H18F8N6O6. The number of pyridine rings is 2. The number of carboxylic acid groups (broad SMARTS) is 2. The van der Waals surface area contributed by atoms with Crippen LogP contribution in [0.25, 0.3) is 5.65 Å². The van der Waals surface area contributed by atoms with Crippen LogP contribution in [-0.4, -0.2) is 73.4 Å². The number of rotatable bonds is 3. The Morgan fingerprint density at radius 3 is 2.16 bits per heavy atom. The van der Waals surface area contributed by atoms with Crippen LogP contribution < -0.4 is 21.5 Å². The van der Waals surface area contributed by atoms with Crippen molar-refractivity contribution in [3.63, 3.8) is 0 Å². The largest absolute Gasteiger partial charge is 0.490 e. The summed E-state index contributed by atoms with van der Waals surface area (Å²) in [5.74, 6) is 1.78. The van der Waals surface area contributed by atoms with Gasteiger partial charge in [0.15, 0.2) is 17.2 Å². The Hall–Kier alpha value is -5.19. The molecule has 5 N–H and O–H groups in total. The maximum Gasteiger partial charge on any atom is 0.490 e. The molecule has 0 saturated carbocycles. The second-order valence-electron chi connectivity index (χ2n) is 7.85. The van der Waals surface area contributed by atoms with Crippen molar-refractivity contribution in [3.05, 3.63) is 63.9 Å². The van der Waals surface area contributed by atoms with E-state index in [1.54, 1.807) is 24.4 Å². The van der Waals surface area contributed by atoms with Gasteiger partial charge in [-0.15, -0.1) is 5.10 Å². The number of nitrogens with one attached hydrogen (secondary N) is 1. The third-order valence-corrected chi connectivity index (χ3v) is 4.78. The van der Waals surface area contributed by atoms with Gasteiger partial charge in [-0.05, 0) is 12.1 Å². The van der Waals surface area contributed by atoms with Gasteiger partial charge in [-0.3, -0.25) is 4.40 Å². The van der Waals surface area contributed by atoms with Crippen LogP contribution in [0.3, 0.4) is 0 Å². The molecule has 0 saturated heterocycles. The lowest BCUT2D eigenvalue weighted by Crippen LogP contribution is -2.24. The van der Waals surface area contributed by atoms with Gasteiger partial charge in [-0.2, -0.15) is 35.1 Å². The lowest BCUT2D eigenvalue weighted by molar-refractivity contribution is -0.193. The van der Waals surface area contributed by atoms with E-state index in [1.165, 1.54) is 10.6 Å². The van der Waals surface area contributed by atoms with E-state index in [4.69, 9.17) is 30.3 Å². The second kappa shape index (κ2) is 14.1. The number of anilines is 1.